The lowest BCUT2D eigenvalue weighted by atomic mass is 10.3. The molecule has 0 atom stereocenters. The Labute approximate surface area is 126 Å². The number of aliphatic hydroxyl groups is 1. The van der Waals surface area contributed by atoms with E-state index in [0.29, 0.717) is 17.3 Å². The second-order valence-electron chi connectivity index (χ2n) is 4.94. The molecule has 1 heterocycles. The SMILES string of the molecule is CCCCN(CCCC)S(=O)(=O)c1cc(C)c(CO)s1. The maximum atomic E-state index is 12.7. The fraction of sp³-hybridized carbons (Fsp3) is 0.714. The first kappa shape index (κ1) is 17.6. The largest absolute Gasteiger partial charge is 0.391 e. The minimum absolute atomic E-state index is 0.101. The minimum Gasteiger partial charge on any atom is -0.391 e. The van der Waals surface area contributed by atoms with E-state index in [1.54, 1.807) is 10.4 Å². The first-order valence-corrected chi connectivity index (χ1v) is 9.43. The van der Waals surface area contributed by atoms with Crippen LogP contribution in [-0.4, -0.2) is 30.9 Å². The van der Waals surface area contributed by atoms with E-state index in [1.807, 2.05) is 6.92 Å². The van der Waals surface area contributed by atoms with Gasteiger partial charge in [0, 0.05) is 18.0 Å². The molecule has 116 valence electrons. The summed E-state index contributed by atoms with van der Waals surface area (Å²) in [5, 5.41) is 9.22. The predicted octanol–water partition coefficient (Wildman–Crippen LogP) is 3.14. The Bertz CT molecular complexity index is 500. The first-order valence-electron chi connectivity index (χ1n) is 7.17. The van der Waals surface area contributed by atoms with Gasteiger partial charge in [0.25, 0.3) is 10.0 Å². The van der Waals surface area contributed by atoms with Gasteiger partial charge < -0.3 is 5.11 Å². The molecule has 0 aliphatic heterocycles. The maximum absolute atomic E-state index is 12.7. The summed E-state index contributed by atoms with van der Waals surface area (Å²) in [5.41, 5.74) is 0.849. The summed E-state index contributed by atoms with van der Waals surface area (Å²) >= 11 is 1.18. The number of unbranched alkanes of at least 4 members (excludes halogenated alkanes) is 2. The normalized spacial score (nSPS) is 12.2. The molecule has 0 saturated heterocycles. The van der Waals surface area contributed by atoms with Gasteiger partial charge in [-0.1, -0.05) is 26.7 Å². The lowest BCUT2D eigenvalue weighted by Gasteiger charge is -2.20. The summed E-state index contributed by atoms with van der Waals surface area (Å²) in [7, 11) is -3.42. The highest BCUT2D eigenvalue weighted by atomic mass is 32.2. The van der Waals surface area contributed by atoms with E-state index in [0.717, 1.165) is 36.1 Å². The highest BCUT2D eigenvalue weighted by molar-refractivity contribution is 7.91. The summed E-state index contributed by atoms with van der Waals surface area (Å²) in [4.78, 5) is 0.731. The Balaban J connectivity index is 3.00. The summed E-state index contributed by atoms with van der Waals surface area (Å²) in [5.74, 6) is 0. The molecule has 0 spiro atoms. The van der Waals surface area contributed by atoms with Gasteiger partial charge in [-0.05, 0) is 31.4 Å². The third-order valence-corrected chi connectivity index (χ3v) is 6.83. The molecule has 0 unspecified atom stereocenters. The average Bonchev–Trinajstić information content (AvgIpc) is 2.80. The van der Waals surface area contributed by atoms with Gasteiger partial charge in [0.1, 0.15) is 4.21 Å². The van der Waals surface area contributed by atoms with Crippen LogP contribution in [0.4, 0.5) is 0 Å². The molecule has 20 heavy (non-hydrogen) atoms. The van der Waals surface area contributed by atoms with E-state index in [2.05, 4.69) is 13.8 Å². The average molecular weight is 319 g/mol. The number of hydrogen-bond acceptors (Lipinski definition) is 4. The molecule has 0 amide bonds. The van der Waals surface area contributed by atoms with Crippen LogP contribution in [0.5, 0.6) is 0 Å². The maximum Gasteiger partial charge on any atom is 0.252 e. The van der Waals surface area contributed by atoms with Gasteiger partial charge in [-0.25, -0.2) is 8.42 Å². The van der Waals surface area contributed by atoms with E-state index < -0.39 is 10.0 Å². The van der Waals surface area contributed by atoms with E-state index in [-0.39, 0.29) is 6.61 Å². The zero-order valence-electron chi connectivity index (χ0n) is 12.6. The van der Waals surface area contributed by atoms with Crippen LogP contribution in [0.25, 0.3) is 0 Å². The van der Waals surface area contributed by atoms with Crippen LogP contribution in [-0.2, 0) is 16.6 Å². The molecule has 0 aliphatic carbocycles. The van der Waals surface area contributed by atoms with Gasteiger partial charge in [-0.3, -0.25) is 0 Å². The molecule has 1 N–H and O–H groups in total. The number of rotatable bonds is 9. The molecule has 1 aromatic heterocycles. The summed E-state index contributed by atoms with van der Waals surface area (Å²) < 4.78 is 27.3. The molecule has 0 bridgehead atoms. The van der Waals surface area contributed by atoms with Gasteiger partial charge in [-0.15, -0.1) is 11.3 Å². The molecule has 0 aliphatic rings. The van der Waals surface area contributed by atoms with E-state index in [4.69, 9.17) is 0 Å². The quantitative estimate of drug-likeness (QED) is 0.761. The zero-order valence-corrected chi connectivity index (χ0v) is 14.2. The lowest BCUT2D eigenvalue weighted by molar-refractivity contribution is 0.285. The van der Waals surface area contributed by atoms with Crippen molar-refractivity contribution in [2.45, 2.75) is 57.3 Å². The summed E-state index contributed by atoms with van der Waals surface area (Å²) in [6, 6.07) is 1.68. The van der Waals surface area contributed by atoms with Crippen LogP contribution in [0.3, 0.4) is 0 Å². The minimum atomic E-state index is -3.42. The number of nitrogens with zero attached hydrogens (tertiary/aromatic N) is 1. The molecular weight excluding hydrogens is 294 g/mol. The number of aliphatic hydroxyl groups excluding tert-OH is 1. The van der Waals surface area contributed by atoms with E-state index >= 15 is 0 Å². The van der Waals surface area contributed by atoms with Crippen molar-refractivity contribution in [3.8, 4) is 0 Å². The van der Waals surface area contributed by atoms with Crippen molar-refractivity contribution < 1.29 is 13.5 Å². The number of aryl methyl sites for hydroxylation is 1. The number of thiophene rings is 1. The monoisotopic (exact) mass is 319 g/mol. The molecule has 1 aromatic rings. The van der Waals surface area contributed by atoms with Crippen molar-refractivity contribution in [2.24, 2.45) is 0 Å². The van der Waals surface area contributed by atoms with Crippen LogP contribution in [0, 0.1) is 6.92 Å². The topological polar surface area (TPSA) is 57.6 Å². The third-order valence-electron chi connectivity index (χ3n) is 3.26. The second kappa shape index (κ2) is 8.12. The standard InChI is InChI=1S/C14H25NO3S2/c1-4-6-8-15(9-7-5-2)20(17,18)14-10-12(3)13(11-16)19-14/h10,16H,4-9,11H2,1-3H3. The van der Waals surface area contributed by atoms with Crippen molar-refractivity contribution in [2.75, 3.05) is 13.1 Å². The van der Waals surface area contributed by atoms with Crippen molar-refractivity contribution in [3.05, 3.63) is 16.5 Å². The van der Waals surface area contributed by atoms with Crippen LogP contribution in [0.15, 0.2) is 10.3 Å². The van der Waals surface area contributed by atoms with Gasteiger partial charge in [-0.2, -0.15) is 4.31 Å². The van der Waals surface area contributed by atoms with Crippen molar-refractivity contribution in [1.29, 1.82) is 0 Å². The van der Waals surface area contributed by atoms with Crippen LogP contribution in [0.1, 0.15) is 50.0 Å². The van der Waals surface area contributed by atoms with Gasteiger partial charge >= 0.3 is 0 Å². The van der Waals surface area contributed by atoms with Gasteiger partial charge in [0.05, 0.1) is 6.61 Å². The Hall–Kier alpha value is -0.430. The Kier molecular flexibility index (Phi) is 7.15. The predicted molar refractivity (Wildman–Crippen MR) is 83.6 cm³/mol. The molecule has 0 saturated carbocycles. The van der Waals surface area contributed by atoms with Crippen LogP contribution < -0.4 is 0 Å². The van der Waals surface area contributed by atoms with Crippen LogP contribution >= 0.6 is 11.3 Å². The molecule has 1 rings (SSSR count). The van der Waals surface area contributed by atoms with E-state index in [9.17, 15) is 13.5 Å². The molecule has 4 nitrogen and oxygen atoms in total. The highest BCUT2D eigenvalue weighted by Crippen LogP contribution is 2.28. The van der Waals surface area contributed by atoms with Gasteiger partial charge in [0.15, 0.2) is 0 Å². The van der Waals surface area contributed by atoms with Crippen molar-refractivity contribution in [3.63, 3.8) is 0 Å². The molecular formula is C14H25NO3S2. The van der Waals surface area contributed by atoms with Crippen molar-refractivity contribution in [1.82, 2.24) is 4.31 Å². The Morgan fingerprint density at radius 1 is 1.20 bits per heavy atom. The lowest BCUT2D eigenvalue weighted by Crippen LogP contribution is -2.32. The summed E-state index contributed by atoms with van der Waals surface area (Å²) in [6.07, 6.45) is 3.70. The molecule has 0 fully saturated rings. The fourth-order valence-corrected chi connectivity index (χ4v) is 5.04. The highest BCUT2D eigenvalue weighted by Gasteiger charge is 2.26. The number of hydrogen-bond donors (Lipinski definition) is 1. The zero-order chi connectivity index (χ0) is 15.2. The second-order valence-corrected chi connectivity index (χ2v) is 8.24. The molecule has 6 heteroatoms. The van der Waals surface area contributed by atoms with Crippen molar-refractivity contribution >= 4 is 21.4 Å². The van der Waals surface area contributed by atoms with Gasteiger partial charge in [0.2, 0.25) is 0 Å². The number of sulfonamides is 1. The molecule has 0 radical (unpaired) electrons. The smallest absolute Gasteiger partial charge is 0.252 e. The third kappa shape index (κ3) is 4.28. The van der Waals surface area contributed by atoms with E-state index in [1.165, 1.54) is 11.3 Å². The molecule has 0 aromatic carbocycles. The Morgan fingerprint density at radius 3 is 2.15 bits per heavy atom. The van der Waals surface area contributed by atoms with Crippen LogP contribution in [0.2, 0.25) is 0 Å². The first-order chi connectivity index (χ1) is 9.47. The Morgan fingerprint density at radius 2 is 1.75 bits per heavy atom. The summed E-state index contributed by atoms with van der Waals surface area (Å²) in [6.45, 7) is 7.00. The fourth-order valence-electron chi connectivity index (χ4n) is 1.92.